The molecule has 1 aromatic carbocycles. The van der Waals surface area contributed by atoms with Crippen molar-refractivity contribution in [2.24, 2.45) is 0 Å². The Morgan fingerprint density at radius 3 is 2.75 bits per heavy atom. The summed E-state index contributed by atoms with van der Waals surface area (Å²) < 4.78 is 0.986. The molecular formula is C17H16BrNO. The summed E-state index contributed by atoms with van der Waals surface area (Å²) in [6.45, 7) is 3.92. The number of carbonyl (C=O) groups excluding carboxylic acids is 1. The highest BCUT2D eigenvalue weighted by Gasteiger charge is 2.10. The molecule has 1 aromatic heterocycles. The highest BCUT2D eigenvalue weighted by molar-refractivity contribution is 9.10. The van der Waals surface area contributed by atoms with Crippen LogP contribution >= 0.6 is 15.9 Å². The number of ketones is 1. The van der Waals surface area contributed by atoms with Crippen LogP contribution in [0.25, 0.3) is 6.08 Å². The fourth-order valence-electron chi connectivity index (χ4n) is 1.98. The normalized spacial score (nSPS) is 11.4. The fraction of sp³-hybridized carbons (Fsp3) is 0.176. The maximum absolute atomic E-state index is 12.4. The SMILES string of the molecule is CCc1ccc(C(=O)/C(C)=C/c2cccnc2)cc1Br. The van der Waals surface area contributed by atoms with Gasteiger partial charge in [-0.3, -0.25) is 9.78 Å². The Hall–Kier alpha value is -1.74. The molecule has 102 valence electrons. The molecule has 0 saturated carbocycles. The minimum Gasteiger partial charge on any atom is -0.289 e. The van der Waals surface area contributed by atoms with Crippen LogP contribution in [0.3, 0.4) is 0 Å². The lowest BCUT2D eigenvalue weighted by atomic mass is 10.0. The molecule has 0 atom stereocenters. The lowest BCUT2D eigenvalue weighted by molar-refractivity contribution is 0.103. The molecule has 0 bridgehead atoms. The number of hydrogen-bond donors (Lipinski definition) is 0. The number of hydrogen-bond acceptors (Lipinski definition) is 2. The molecule has 2 aromatic rings. The van der Waals surface area contributed by atoms with Crippen molar-refractivity contribution in [2.45, 2.75) is 20.3 Å². The highest BCUT2D eigenvalue weighted by Crippen LogP contribution is 2.21. The van der Waals surface area contributed by atoms with Crippen molar-refractivity contribution < 1.29 is 4.79 Å². The van der Waals surface area contributed by atoms with E-state index in [1.54, 1.807) is 12.4 Å². The number of allylic oxidation sites excluding steroid dienone is 1. The molecule has 1 heterocycles. The van der Waals surface area contributed by atoms with Gasteiger partial charge in [0.1, 0.15) is 0 Å². The summed E-state index contributed by atoms with van der Waals surface area (Å²) in [6, 6.07) is 9.55. The van der Waals surface area contributed by atoms with Gasteiger partial charge < -0.3 is 0 Å². The van der Waals surface area contributed by atoms with E-state index in [4.69, 9.17) is 0 Å². The van der Waals surface area contributed by atoms with Crippen molar-refractivity contribution >= 4 is 27.8 Å². The second kappa shape index (κ2) is 6.62. The first kappa shape index (κ1) is 14.7. The molecule has 2 rings (SSSR count). The Labute approximate surface area is 127 Å². The lowest BCUT2D eigenvalue weighted by Gasteiger charge is -2.05. The number of aromatic nitrogens is 1. The maximum Gasteiger partial charge on any atom is 0.188 e. The third kappa shape index (κ3) is 3.42. The average molecular weight is 330 g/mol. The second-order valence-corrected chi connectivity index (χ2v) is 5.46. The van der Waals surface area contributed by atoms with Crippen LogP contribution in [0.15, 0.2) is 52.8 Å². The van der Waals surface area contributed by atoms with Gasteiger partial charge in [0.15, 0.2) is 5.78 Å². The fourth-order valence-corrected chi connectivity index (χ4v) is 2.64. The van der Waals surface area contributed by atoms with E-state index in [1.807, 2.05) is 43.3 Å². The highest BCUT2D eigenvalue weighted by atomic mass is 79.9. The minimum absolute atomic E-state index is 0.0391. The third-order valence-electron chi connectivity index (χ3n) is 3.12. The van der Waals surface area contributed by atoms with Crippen molar-refractivity contribution in [3.63, 3.8) is 0 Å². The Morgan fingerprint density at radius 1 is 1.35 bits per heavy atom. The molecule has 0 fully saturated rings. The number of benzene rings is 1. The Balaban J connectivity index is 2.27. The number of nitrogens with zero attached hydrogens (tertiary/aromatic N) is 1. The number of halogens is 1. The van der Waals surface area contributed by atoms with Gasteiger partial charge in [-0.2, -0.15) is 0 Å². The van der Waals surface area contributed by atoms with Crippen LogP contribution in [0.5, 0.6) is 0 Å². The topological polar surface area (TPSA) is 30.0 Å². The molecule has 0 aliphatic heterocycles. The number of pyridine rings is 1. The number of carbonyl (C=O) groups is 1. The first-order chi connectivity index (χ1) is 9.61. The summed E-state index contributed by atoms with van der Waals surface area (Å²) >= 11 is 3.51. The maximum atomic E-state index is 12.4. The molecule has 0 spiro atoms. The summed E-state index contributed by atoms with van der Waals surface area (Å²) in [6.07, 6.45) is 6.26. The van der Waals surface area contributed by atoms with E-state index in [2.05, 4.69) is 27.8 Å². The number of rotatable bonds is 4. The number of Topliss-reactive ketones (excluding diaryl/α,β-unsaturated/α-hetero) is 1. The van der Waals surface area contributed by atoms with E-state index >= 15 is 0 Å². The predicted octanol–water partition coefficient (Wildman–Crippen LogP) is 4.69. The Bertz CT molecular complexity index is 647. The van der Waals surface area contributed by atoms with E-state index in [1.165, 1.54) is 5.56 Å². The second-order valence-electron chi connectivity index (χ2n) is 4.60. The van der Waals surface area contributed by atoms with Crippen molar-refractivity contribution in [2.75, 3.05) is 0 Å². The van der Waals surface area contributed by atoms with Crippen LogP contribution in [0.4, 0.5) is 0 Å². The zero-order chi connectivity index (χ0) is 14.5. The van der Waals surface area contributed by atoms with E-state index in [0.29, 0.717) is 11.1 Å². The lowest BCUT2D eigenvalue weighted by Crippen LogP contribution is -2.01. The molecule has 20 heavy (non-hydrogen) atoms. The summed E-state index contributed by atoms with van der Waals surface area (Å²) in [5, 5.41) is 0. The quantitative estimate of drug-likeness (QED) is 0.601. The van der Waals surface area contributed by atoms with E-state index in [9.17, 15) is 4.79 Å². The average Bonchev–Trinajstić information content (AvgIpc) is 2.47. The van der Waals surface area contributed by atoms with Gasteiger partial charge in [-0.25, -0.2) is 0 Å². The molecule has 0 amide bonds. The van der Waals surface area contributed by atoms with E-state index in [0.717, 1.165) is 16.5 Å². The molecule has 0 aliphatic carbocycles. The van der Waals surface area contributed by atoms with Gasteiger partial charge >= 0.3 is 0 Å². The van der Waals surface area contributed by atoms with Crippen LogP contribution in [0.1, 0.15) is 35.3 Å². The third-order valence-corrected chi connectivity index (χ3v) is 3.86. The van der Waals surface area contributed by atoms with Crippen LogP contribution in [-0.2, 0) is 6.42 Å². The molecule has 0 unspecified atom stereocenters. The van der Waals surface area contributed by atoms with Crippen molar-refractivity contribution in [3.05, 3.63) is 69.5 Å². The van der Waals surface area contributed by atoms with Crippen molar-refractivity contribution in [3.8, 4) is 0 Å². The summed E-state index contributed by atoms with van der Waals surface area (Å²) in [5.41, 5.74) is 3.54. The van der Waals surface area contributed by atoms with Crippen molar-refractivity contribution in [1.29, 1.82) is 0 Å². The van der Waals surface area contributed by atoms with Gasteiger partial charge in [0, 0.05) is 22.4 Å². The van der Waals surface area contributed by atoms with Crippen LogP contribution in [0.2, 0.25) is 0 Å². The summed E-state index contributed by atoms with van der Waals surface area (Å²) in [4.78, 5) is 16.4. The number of aryl methyl sites for hydroxylation is 1. The van der Waals surface area contributed by atoms with Crippen molar-refractivity contribution in [1.82, 2.24) is 4.98 Å². The molecular weight excluding hydrogens is 314 g/mol. The van der Waals surface area contributed by atoms with E-state index < -0.39 is 0 Å². The molecule has 0 saturated heterocycles. The summed E-state index contributed by atoms with van der Waals surface area (Å²) in [5.74, 6) is 0.0391. The van der Waals surface area contributed by atoms with Gasteiger partial charge in [0.2, 0.25) is 0 Å². The largest absolute Gasteiger partial charge is 0.289 e. The minimum atomic E-state index is 0.0391. The van der Waals surface area contributed by atoms with Crippen LogP contribution in [-0.4, -0.2) is 10.8 Å². The Morgan fingerprint density at radius 2 is 2.15 bits per heavy atom. The van der Waals surface area contributed by atoms with Crippen LogP contribution in [0, 0.1) is 0 Å². The molecule has 0 radical (unpaired) electrons. The molecule has 2 nitrogen and oxygen atoms in total. The van der Waals surface area contributed by atoms with Gasteiger partial charge in [-0.05, 0) is 48.3 Å². The zero-order valence-corrected chi connectivity index (χ0v) is 13.1. The van der Waals surface area contributed by atoms with E-state index in [-0.39, 0.29) is 5.78 Å². The Kier molecular flexibility index (Phi) is 4.85. The van der Waals surface area contributed by atoms with Gasteiger partial charge in [0.05, 0.1) is 0 Å². The first-order valence-electron chi connectivity index (χ1n) is 6.53. The first-order valence-corrected chi connectivity index (χ1v) is 7.32. The van der Waals surface area contributed by atoms with Gasteiger partial charge in [-0.1, -0.05) is 41.1 Å². The zero-order valence-electron chi connectivity index (χ0n) is 11.6. The molecule has 3 heteroatoms. The predicted molar refractivity (Wildman–Crippen MR) is 85.7 cm³/mol. The van der Waals surface area contributed by atoms with Gasteiger partial charge in [-0.15, -0.1) is 0 Å². The standard InChI is InChI=1S/C17H16BrNO/c1-3-14-6-7-15(10-16(14)18)17(20)12(2)9-13-5-4-8-19-11-13/h4-11H,3H2,1-2H3/b12-9+. The molecule has 0 aliphatic rings. The van der Waals surface area contributed by atoms with Gasteiger partial charge in [0.25, 0.3) is 0 Å². The van der Waals surface area contributed by atoms with Crippen LogP contribution < -0.4 is 0 Å². The monoisotopic (exact) mass is 329 g/mol. The smallest absolute Gasteiger partial charge is 0.188 e. The summed E-state index contributed by atoms with van der Waals surface area (Å²) in [7, 11) is 0. The molecule has 0 N–H and O–H groups in total.